The van der Waals surface area contributed by atoms with Crippen molar-refractivity contribution in [2.45, 2.75) is 50.4 Å². The maximum Gasteiger partial charge on any atom is 0.326 e. The zero-order chi connectivity index (χ0) is 25.1. The number of imidazole rings is 2. The highest BCUT2D eigenvalue weighted by atomic mass is 32.2. The molecule has 0 aliphatic heterocycles. The first-order valence-corrected chi connectivity index (χ1v) is 11.9. The minimum Gasteiger partial charge on any atom is -0.480 e. The summed E-state index contributed by atoms with van der Waals surface area (Å²) >= 11 is 1.55. The van der Waals surface area contributed by atoms with Crippen molar-refractivity contribution in [2.24, 2.45) is 5.73 Å². The first-order chi connectivity index (χ1) is 16.2. The molecule has 0 bridgehead atoms. The van der Waals surface area contributed by atoms with Crippen molar-refractivity contribution < 1.29 is 24.3 Å². The Kier molecular flexibility index (Phi) is 10.5. The molecule has 4 atom stereocenters. The lowest BCUT2D eigenvalue weighted by atomic mass is 10.1. The fourth-order valence-corrected chi connectivity index (χ4v) is 3.46. The third-order valence-electron chi connectivity index (χ3n) is 4.93. The number of hydrogen-bond donors (Lipinski definition) is 7. The summed E-state index contributed by atoms with van der Waals surface area (Å²) in [6, 6.07) is -4.10. The van der Waals surface area contributed by atoms with Crippen LogP contribution in [0.4, 0.5) is 0 Å². The van der Waals surface area contributed by atoms with E-state index in [4.69, 9.17) is 5.73 Å². The van der Waals surface area contributed by atoms with Crippen LogP contribution in [0, 0.1) is 0 Å². The molecule has 3 amide bonds. The number of nitrogens with two attached hydrogens (primary N) is 1. The summed E-state index contributed by atoms with van der Waals surface area (Å²) in [6.45, 7) is 1.42. The van der Waals surface area contributed by atoms with Crippen molar-refractivity contribution in [3.63, 3.8) is 0 Å². The molecule has 0 aromatic carbocycles. The first-order valence-electron chi connectivity index (χ1n) is 10.5. The molecule has 34 heavy (non-hydrogen) atoms. The summed E-state index contributed by atoms with van der Waals surface area (Å²) in [6.07, 6.45) is 8.25. The fourth-order valence-electron chi connectivity index (χ4n) is 2.97. The topological polar surface area (TPSA) is 208 Å². The quantitative estimate of drug-likeness (QED) is 0.164. The minimum absolute atomic E-state index is 0.00577. The molecular formula is C20H30N8O5S. The van der Waals surface area contributed by atoms with E-state index in [1.807, 2.05) is 6.26 Å². The second kappa shape index (κ2) is 13.3. The Balaban J connectivity index is 2.01. The molecule has 0 saturated heterocycles. The Morgan fingerprint density at radius 1 is 0.971 bits per heavy atom. The lowest BCUT2D eigenvalue weighted by molar-refractivity contribution is -0.142. The summed E-state index contributed by atoms with van der Waals surface area (Å²) in [5, 5.41) is 17.0. The van der Waals surface area contributed by atoms with E-state index in [2.05, 4.69) is 35.9 Å². The summed E-state index contributed by atoms with van der Waals surface area (Å²) in [7, 11) is 0. The van der Waals surface area contributed by atoms with Crippen molar-refractivity contribution in [3.8, 4) is 0 Å². The van der Waals surface area contributed by atoms with Crippen LogP contribution in [-0.2, 0) is 32.0 Å². The number of aromatic nitrogens is 4. The van der Waals surface area contributed by atoms with Crippen molar-refractivity contribution in [3.05, 3.63) is 36.4 Å². The number of carboxylic acid groups (broad SMARTS) is 1. The molecular weight excluding hydrogens is 464 g/mol. The number of carboxylic acids is 1. The molecule has 14 heteroatoms. The molecule has 13 nitrogen and oxygen atoms in total. The standard InChI is InChI=1S/C20H30N8O5S/c1-11(17(29)28-16(20(32)33)6-13-8-23-10-25-13)26-19(31)15(5-12-7-22-9-24-12)27-18(30)14(21)3-4-34-2/h7-11,14-16H,3-6,21H2,1-2H3,(H,22,24)(H,23,25)(H,26,31)(H,27,30)(H,28,29)(H,32,33)/t11-,14-,15-,16-/m0/s1. The third-order valence-corrected chi connectivity index (χ3v) is 5.57. The average molecular weight is 495 g/mol. The Morgan fingerprint density at radius 3 is 2.03 bits per heavy atom. The number of carbonyl (C=O) groups excluding carboxylic acids is 3. The van der Waals surface area contributed by atoms with Gasteiger partial charge in [-0.3, -0.25) is 14.4 Å². The van der Waals surface area contributed by atoms with Crippen LogP contribution in [0.5, 0.6) is 0 Å². The smallest absolute Gasteiger partial charge is 0.326 e. The minimum atomic E-state index is -1.23. The van der Waals surface area contributed by atoms with Crippen LogP contribution in [0.2, 0.25) is 0 Å². The molecule has 0 aliphatic carbocycles. The van der Waals surface area contributed by atoms with Crippen LogP contribution >= 0.6 is 11.8 Å². The van der Waals surface area contributed by atoms with Crippen molar-refractivity contribution in [2.75, 3.05) is 12.0 Å². The molecule has 0 fully saturated rings. The van der Waals surface area contributed by atoms with Crippen LogP contribution in [0.15, 0.2) is 25.0 Å². The van der Waals surface area contributed by atoms with E-state index in [-0.39, 0.29) is 12.8 Å². The maximum absolute atomic E-state index is 12.9. The number of H-pyrrole nitrogens is 2. The molecule has 2 heterocycles. The van der Waals surface area contributed by atoms with Gasteiger partial charge in [-0.05, 0) is 25.4 Å². The molecule has 0 radical (unpaired) electrons. The number of thioether (sulfide) groups is 1. The molecule has 0 unspecified atom stereocenters. The fraction of sp³-hybridized carbons (Fsp3) is 0.500. The highest BCUT2D eigenvalue weighted by Gasteiger charge is 2.29. The Bertz CT molecular complexity index is 937. The van der Waals surface area contributed by atoms with E-state index in [9.17, 15) is 24.3 Å². The molecule has 8 N–H and O–H groups in total. The van der Waals surface area contributed by atoms with Gasteiger partial charge in [-0.15, -0.1) is 0 Å². The highest BCUT2D eigenvalue weighted by molar-refractivity contribution is 7.98. The Labute approximate surface area is 200 Å². The summed E-state index contributed by atoms with van der Waals surface area (Å²) in [5.41, 5.74) is 7.04. The maximum atomic E-state index is 12.9. The molecule has 186 valence electrons. The van der Waals surface area contributed by atoms with Gasteiger partial charge in [0.2, 0.25) is 17.7 Å². The number of aliphatic carboxylic acids is 1. The second-order valence-corrected chi connectivity index (χ2v) is 8.63. The van der Waals surface area contributed by atoms with Crippen molar-refractivity contribution in [1.82, 2.24) is 35.9 Å². The van der Waals surface area contributed by atoms with Gasteiger partial charge >= 0.3 is 5.97 Å². The number of rotatable bonds is 14. The van der Waals surface area contributed by atoms with Gasteiger partial charge in [0, 0.05) is 36.6 Å². The lowest BCUT2D eigenvalue weighted by Gasteiger charge is -2.23. The second-order valence-electron chi connectivity index (χ2n) is 7.64. The number of carbonyl (C=O) groups is 4. The van der Waals surface area contributed by atoms with Crippen LogP contribution in [0.1, 0.15) is 24.7 Å². The van der Waals surface area contributed by atoms with E-state index in [1.54, 1.807) is 11.8 Å². The average Bonchev–Trinajstić information content (AvgIpc) is 3.50. The van der Waals surface area contributed by atoms with Gasteiger partial charge in [0.15, 0.2) is 0 Å². The number of hydrogen-bond acceptors (Lipinski definition) is 8. The van der Waals surface area contributed by atoms with Gasteiger partial charge in [0.25, 0.3) is 0 Å². The van der Waals surface area contributed by atoms with Crippen LogP contribution in [0.3, 0.4) is 0 Å². The summed E-state index contributed by atoms with van der Waals surface area (Å²) < 4.78 is 0. The predicted molar refractivity (Wildman–Crippen MR) is 125 cm³/mol. The number of amides is 3. The van der Waals surface area contributed by atoms with Crippen molar-refractivity contribution in [1.29, 1.82) is 0 Å². The molecule has 0 spiro atoms. The predicted octanol–water partition coefficient (Wildman–Crippen LogP) is -1.44. The lowest BCUT2D eigenvalue weighted by Crippen LogP contribution is -2.57. The third kappa shape index (κ3) is 8.51. The van der Waals surface area contributed by atoms with Gasteiger partial charge in [-0.25, -0.2) is 14.8 Å². The monoisotopic (exact) mass is 494 g/mol. The van der Waals surface area contributed by atoms with Crippen LogP contribution in [0.25, 0.3) is 0 Å². The van der Waals surface area contributed by atoms with E-state index >= 15 is 0 Å². The zero-order valence-electron chi connectivity index (χ0n) is 18.9. The Morgan fingerprint density at radius 2 is 1.53 bits per heavy atom. The molecule has 0 aliphatic rings. The number of nitrogens with one attached hydrogen (secondary N) is 5. The van der Waals surface area contributed by atoms with E-state index in [0.717, 1.165) is 0 Å². The Hall–Kier alpha value is -3.39. The van der Waals surface area contributed by atoms with Gasteiger partial charge in [0.05, 0.1) is 18.7 Å². The van der Waals surface area contributed by atoms with Gasteiger partial charge in [0.1, 0.15) is 18.1 Å². The van der Waals surface area contributed by atoms with Gasteiger partial charge in [-0.1, -0.05) is 0 Å². The largest absolute Gasteiger partial charge is 0.480 e. The molecule has 2 aromatic rings. The molecule has 2 aromatic heterocycles. The van der Waals surface area contributed by atoms with Crippen molar-refractivity contribution >= 4 is 35.5 Å². The first kappa shape index (κ1) is 26.9. The van der Waals surface area contributed by atoms with Gasteiger partial charge < -0.3 is 36.8 Å². The normalized spacial score (nSPS) is 14.4. The summed E-state index contributed by atoms with van der Waals surface area (Å²) in [5.74, 6) is -2.35. The van der Waals surface area contributed by atoms with E-state index in [1.165, 1.54) is 32.0 Å². The number of aromatic amines is 2. The molecule has 2 rings (SSSR count). The van der Waals surface area contributed by atoms with Crippen LogP contribution < -0.4 is 21.7 Å². The summed E-state index contributed by atoms with van der Waals surface area (Å²) in [4.78, 5) is 62.9. The van der Waals surface area contributed by atoms with E-state index in [0.29, 0.717) is 23.6 Å². The SMILES string of the molecule is CSCC[C@H](N)C(=O)N[C@@H](Cc1cnc[nH]1)C(=O)N[C@@H](C)C(=O)N[C@@H](Cc1cnc[nH]1)C(=O)O. The molecule has 0 saturated carbocycles. The van der Waals surface area contributed by atoms with Gasteiger partial charge in [-0.2, -0.15) is 11.8 Å². The van der Waals surface area contributed by atoms with E-state index < -0.39 is 47.9 Å². The van der Waals surface area contributed by atoms with Crippen LogP contribution in [-0.4, -0.2) is 84.9 Å². The number of nitrogens with zero attached hydrogens (tertiary/aromatic N) is 2. The highest BCUT2D eigenvalue weighted by Crippen LogP contribution is 2.04. The zero-order valence-corrected chi connectivity index (χ0v) is 19.7.